The van der Waals surface area contributed by atoms with Gasteiger partial charge >= 0.3 is 24.1 Å². The van der Waals surface area contributed by atoms with Crippen LogP contribution in [0.15, 0.2) is 0 Å². The van der Waals surface area contributed by atoms with Gasteiger partial charge in [-0.25, -0.2) is 0 Å². The van der Waals surface area contributed by atoms with E-state index in [9.17, 15) is 48.3 Å². The molecule has 1 N–H and O–H groups in total. The standard InChI is InChI=1S/C4H2F9NO2S/c5-1(6,3(9,10)11)2(7,8)4(12,13)14-17(15)16/h14H,(H,15,16)/p-1. The molecule has 0 bridgehead atoms. The summed E-state index contributed by atoms with van der Waals surface area (Å²) in [5.41, 5.74) is 0. The second-order valence-electron chi connectivity index (χ2n) is 2.56. The average Bonchev–Trinajstić information content (AvgIpc) is 1.98. The largest absolute Gasteiger partial charge is 0.760 e. The molecule has 0 aliphatic rings. The van der Waals surface area contributed by atoms with Crippen molar-refractivity contribution in [1.82, 2.24) is 4.72 Å². The second kappa shape index (κ2) is 4.28. The Kier molecular flexibility index (Phi) is 4.13. The van der Waals surface area contributed by atoms with E-state index in [1.165, 1.54) is 0 Å². The van der Waals surface area contributed by atoms with Crippen LogP contribution in [0, 0.1) is 0 Å². The maximum atomic E-state index is 12.3. The molecule has 3 nitrogen and oxygen atoms in total. The number of rotatable bonds is 4. The van der Waals surface area contributed by atoms with Crippen molar-refractivity contribution in [1.29, 1.82) is 0 Å². The lowest BCUT2D eigenvalue weighted by molar-refractivity contribution is -0.397. The summed E-state index contributed by atoms with van der Waals surface area (Å²) in [6.07, 6.45) is -6.98. The van der Waals surface area contributed by atoms with Crippen LogP contribution in [0.2, 0.25) is 0 Å². The molecule has 0 aromatic heterocycles. The zero-order chi connectivity index (χ0) is 14.3. The van der Waals surface area contributed by atoms with E-state index in [0.717, 1.165) is 0 Å². The summed E-state index contributed by atoms with van der Waals surface area (Å²) in [4.78, 5) is 0. The van der Waals surface area contributed by atoms with Crippen LogP contribution in [0.5, 0.6) is 0 Å². The van der Waals surface area contributed by atoms with Crippen LogP contribution in [0.4, 0.5) is 39.5 Å². The Morgan fingerprint density at radius 1 is 0.824 bits per heavy atom. The fraction of sp³-hybridized carbons (Fsp3) is 1.00. The first-order chi connectivity index (χ1) is 7.17. The number of alkyl halides is 9. The molecule has 0 aromatic carbocycles. The zero-order valence-electron chi connectivity index (χ0n) is 7.13. The minimum absolute atomic E-state index is 0.409. The Labute approximate surface area is 89.4 Å². The Hall–Kier alpha value is -0.560. The maximum absolute atomic E-state index is 12.3. The van der Waals surface area contributed by atoms with Crippen LogP contribution in [0.1, 0.15) is 0 Å². The summed E-state index contributed by atoms with van der Waals surface area (Å²) in [6.45, 7) is 0. The first kappa shape index (κ1) is 16.4. The Morgan fingerprint density at radius 2 is 1.18 bits per heavy atom. The van der Waals surface area contributed by atoms with Gasteiger partial charge in [-0.3, -0.25) is 4.21 Å². The van der Waals surface area contributed by atoms with Crippen LogP contribution in [0.25, 0.3) is 0 Å². The topological polar surface area (TPSA) is 52.2 Å². The summed E-state index contributed by atoms with van der Waals surface area (Å²) < 4.78 is 126. The quantitative estimate of drug-likeness (QED) is 0.489. The molecule has 0 radical (unpaired) electrons. The molecule has 0 spiro atoms. The van der Waals surface area contributed by atoms with Gasteiger partial charge in [0, 0.05) is 11.3 Å². The molecule has 0 saturated heterocycles. The fourth-order valence-corrected chi connectivity index (χ4v) is 0.881. The average molecular weight is 298 g/mol. The summed E-state index contributed by atoms with van der Waals surface area (Å²) in [5, 5.41) is 0. The highest BCUT2D eigenvalue weighted by atomic mass is 32.2. The summed E-state index contributed by atoms with van der Waals surface area (Å²) in [7, 11) is 0. The van der Waals surface area contributed by atoms with Crippen LogP contribution in [0.3, 0.4) is 0 Å². The van der Waals surface area contributed by atoms with E-state index in [4.69, 9.17) is 0 Å². The van der Waals surface area contributed by atoms with Crippen molar-refractivity contribution in [3.8, 4) is 0 Å². The zero-order valence-corrected chi connectivity index (χ0v) is 7.94. The molecule has 0 heterocycles. The van der Waals surface area contributed by atoms with Gasteiger partial charge in [-0.2, -0.15) is 44.2 Å². The number of hydrogen-bond acceptors (Lipinski definition) is 2. The summed E-state index contributed by atoms with van der Waals surface area (Å²) in [5.74, 6) is -14.1. The molecule has 0 fully saturated rings. The van der Waals surface area contributed by atoms with Gasteiger partial charge in [0.2, 0.25) is 0 Å². The van der Waals surface area contributed by atoms with E-state index in [0.29, 0.717) is 0 Å². The van der Waals surface area contributed by atoms with Crippen molar-refractivity contribution in [2.24, 2.45) is 0 Å². The number of nitrogens with one attached hydrogen (secondary N) is 1. The van der Waals surface area contributed by atoms with Gasteiger partial charge in [0.15, 0.2) is 0 Å². The lowest BCUT2D eigenvalue weighted by Gasteiger charge is -2.33. The molecular formula is C4HF9NO2S-. The van der Waals surface area contributed by atoms with E-state index in [1.807, 2.05) is 0 Å². The van der Waals surface area contributed by atoms with Gasteiger partial charge in [0.05, 0.1) is 0 Å². The maximum Gasteiger partial charge on any atom is 0.460 e. The Balaban J connectivity index is 5.47. The molecule has 1 unspecified atom stereocenters. The smallest absolute Gasteiger partial charge is 0.460 e. The van der Waals surface area contributed by atoms with Crippen LogP contribution in [-0.4, -0.2) is 32.8 Å². The van der Waals surface area contributed by atoms with Crippen LogP contribution in [-0.2, 0) is 11.3 Å². The van der Waals surface area contributed by atoms with Gasteiger partial charge in [0.1, 0.15) is 0 Å². The van der Waals surface area contributed by atoms with Gasteiger partial charge in [-0.05, 0) is 0 Å². The van der Waals surface area contributed by atoms with E-state index in [1.54, 1.807) is 0 Å². The number of halogens is 9. The summed E-state index contributed by atoms with van der Waals surface area (Å²) in [6, 6.07) is -6.31. The third-order valence-electron chi connectivity index (χ3n) is 1.36. The highest BCUT2D eigenvalue weighted by Gasteiger charge is 2.82. The van der Waals surface area contributed by atoms with E-state index in [2.05, 4.69) is 0 Å². The lowest BCUT2D eigenvalue weighted by atomic mass is 10.1. The molecule has 0 aliphatic carbocycles. The highest BCUT2D eigenvalue weighted by molar-refractivity contribution is 7.77. The minimum Gasteiger partial charge on any atom is -0.760 e. The molecule has 0 saturated carbocycles. The molecule has 13 heteroatoms. The van der Waals surface area contributed by atoms with Gasteiger partial charge < -0.3 is 4.55 Å². The lowest BCUT2D eigenvalue weighted by Crippen LogP contribution is -2.65. The van der Waals surface area contributed by atoms with Gasteiger partial charge in [-0.15, -0.1) is 0 Å². The minimum atomic E-state index is -7.12. The summed E-state index contributed by atoms with van der Waals surface area (Å²) >= 11 is -4.17. The first-order valence-corrected chi connectivity index (χ1v) is 4.31. The van der Waals surface area contributed by atoms with Crippen molar-refractivity contribution in [2.45, 2.75) is 24.1 Å². The number of hydrogen-bond donors (Lipinski definition) is 1. The molecule has 0 amide bonds. The molecule has 0 aromatic rings. The molecular weight excluding hydrogens is 297 g/mol. The Bertz CT molecular complexity index is 313. The monoisotopic (exact) mass is 298 g/mol. The normalized spacial score (nSPS) is 17.1. The predicted molar refractivity (Wildman–Crippen MR) is 33.0 cm³/mol. The fourth-order valence-electron chi connectivity index (χ4n) is 0.544. The van der Waals surface area contributed by atoms with Crippen LogP contribution < -0.4 is 4.72 Å². The third-order valence-corrected chi connectivity index (χ3v) is 1.78. The van der Waals surface area contributed by atoms with Crippen molar-refractivity contribution < 1.29 is 48.3 Å². The predicted octanol–water partition coefficient (Wildman–Crippen LogP) is 1.80. The molecule has 0 aliphatic heterocycles. The molecule has 104 valence electrons. The van der Waals surface area contributed by atoms with Crippen molar-refractivity contribution in [3.63, 3.8) is 0 Å². The van der Waals surface area contributed by atoms with E-state index < -0.39 is 40.1 Å². The molecule has 1 atom stereocenters. The first-order valence-electron chi connectivity index (χ1n) is 3.24. The van der Waals surface area contributed by atoms with E-state index in [-0.39, 0.29) is 0 Å². The second-order valence-corrected chi connectivity index (χ2v) is 3.23. The SMILES string of the molecule is O=S([O-])NC(F)(F)C(F)(F)C(F)(F)C(F)(F)F. The molecule has 17 heavy (non-hydrogen) atoms. The Morgan fingerprint density at radius 3 is 1.41 bits per heavy atom. The third kappa shape index (κ3) is 2.82. The van der Waals surface area contributed by atoms with Crippen molar-refractivity contribution in [2.75, 3.05) is 0 Å². The van der Waals surface area contributed by atoms with Gasteiger partial charge in [0.25, 0.3) is 0 Å². The van der Waals surface area contributed by atoms with Gasteiger partial charge in [-0.1, -0.05) is 0 Å². The highest BCUT2D eigenvalue weighted by Crippen LogP contribution is 2.52. The van der Waals surface area contributed by atoms with E-state index >= 15 is 0 Å². The van der Waals surface area contributed by atoms with Crippen molar-refractivity contribution in [3.05, 3.63) is 0 Å². The van der Waals surface area contributed by atoms with Crippen LogP contribution >= 0.6 is 0 Å². The van der Waals surface area contributed by atoms with Crippen molar-refractivity contribution >= 4 is 11.3 Å². The molecule has 0 rings (SSSR count).